The molecule has 1 unspecified atom stereocenters. The van der Waals surface area contributed by atoms with Gasteiger partial charge < -0.3 is 9.73 Å². The molecule has 20 heavy (non-hydrogen) atoms. The quantitative estimate of drug-likeness (QED) is 0.748. The lowest BCUT2D eigenvalue weighted by atomic mass is 10.2. The van der Waals surface area contributed by atoms with E-state index in [1.54, 1.807) is 18.0 Å². The smallest absolute Gasteiger partial charge is 0.188 e. The summed E-state index contributed by atoms with van der Waals surface area (Å²) in [5.74, 6) is 0.921. The van der Waals surface area contributed by atoms with Crippen molar-refractivity contribution in [1.29, 1.82) is 0 Å². The van der Waals surface area contributed by atoms with Crippen LogP contribution in [-0.2, 0) is 0 Å². The van der Waals surface area contributed by atoms with E-state index in [0.29, 0.717) is 0 Å². The molecule has 0 aliphatic carbocycles. The van der Waals surface area contributed by atoms with Crippen LogP contribution < -0.4 is 5.32 Å². The van der Waals surface area contributed by atoms with Gasteiger partial charge in [-0.05, 0) is 43.3 Å². The zero-order valence-corrected chi connectivity index (χ0v) is 11.7. The van der Waals surface area contributed by atoms with E-state index in [9.17, 15) is 0 Å². The number of nitrogens with zero attached hydrogens (tertiary/aromatic N) is 2. The molecule has 5 nitrogen and oxygen atoms in total. The van der Waals surface area contributed by atoms with Gasteiger partial charge in [-0.3, -0.25) is 5.10 Å². The lowest BCUT2D eigenvalue weighted by molar-refractivity contribution is 0.490. The van der Waals surface area contributed by atoms with Gasteiger partial charge in [-0.15, -0.1) is 0 Å². The highest BCUT2D eigenvalue weighted by atomic mass is 32.2. The van der Waals surface area contributed by atoms with Crippen LogP contribution in [0.2, 0.25) is 0 Å². The maximum atomic E-state index is 5.38. The molecule has 0 amide bonds. The molecule has 0 radical (unpaired) electrons. The fourth-order valence-electron chi connectivity index (χ4n) is 1.83. The van der Waals surface area contributed by atoms with E-state index in [1.807, 2.05) is 36.4 Å². The molecule has 0 saturated heterocycles. The molecule has 2 N–H and O–H groups in total. The van der Waals surface area contributed by atoms with Crippen molar-refractivity contribution >= 4 is 17.4 Å². The van der Waals surface area contributed by atoms with Gasteiger partial charge in [0, 0.05) is 10.6 Å². The average molecular weight is 286 g/mol. The van der Waals surface area contributed by atoms with Crippen molar-refractivity contribution in [2.75, 3.05) is 5.32 Å². The monoisotopic (exact) mass is 286 g/mol. The Morgan fingerprint density at radius 3 is 2.75 bits per heavy atom. The van der Waals surface area contributed by atoms with Crippen LogP contribution in [0.1, 0.15) is 18.7 Å². The largest absolute Gasteiger partial charge is 0.467 e. The summed E-state index contributed by atoms with van der Waals surface area (Å²) in [4.78, 5) is 5.19. The van der Waals surface area contributed by atoms with Crippen molar-refractivity contribution < 1.29 is 4.42 Å². The zero-order chi connectivity index (χ0) is 13.8. The second kappa shape index (κ2) is 5.83. The highest BCUT2D eigenvalue weighted by Gasteiger charge is 2.07. The Morgan fingerprint density at radius 2 is 2.10 bits per heavy atom. The lowest BCUT2D eigenvalue weighted by Gasteiger charge is -2.13. The summed E-state index contributed by atoms with van der Waals surface area (Å²) in [7, 11) is 0. The summed E-state index contributed by atoms with van der Waals surface area (Å²) in [6, 6.07) is 12.2. The summed E-state index contributed by atoms with van der Waals surface area (Å²) in [5.41, 5.74) is 1.05. The van der Waals surface area contributed by atoms with Crippen LogP contribution in [0.3, 0.4) is 0 Å². The first kappa shape index (κ1) is 12.8. The number of H-pyrrole nitrogens is 1. The number of anilines is 1. The van der Waals surface area contributed by atoms with Gasteiger partial charge in [0.2, 0.25) is 0 Å². The van der Waals surface area contributed by atoms with Crippen LogP contribution in [0.4, 0.5) is 5.69 Å². The predicted molar refractivity (Wildman–Crippen MR) is 77.7 cm³/mol. The van der Waals surface area contributed by atoms with Crippen LogP contribution in [0.15, 0.2) is 63.5 Å². The first-order valence-electron chi connectivity index (χ1n) is 6.24. The third kappa shape index (κ3) is 3.03. The first-order chi connectivity index (χ1) is 9.81. The average Bonchev–Trinajstić information content (AvgIpc) is 3.13. The molecule has 0 aliphatic heterocycles. The minimum Gasteiger partial charge on any atom is -0.467 e. The molecule has 1 aromatic carbocycles. The van der Waals surface area contributed by atoms with Gasteiger partial charge in [-0.2, -0.15) is 5.10 Å². The maximum Gasteiger partial charge on any atom is 0.188 e. The van der Waals surface area contributed by atoms with E-state index in [4.69, 9.17) is 4.42 Å². The van der Waals surface area contributed by atoms with Crippen molar-refractivity contribution in [3.05, 3.63) is 54.7 Å². The van der Waals surface area contributed by atoms with Crippen LogP contribution in [0.25, 0.3) is 0 Å². The third-order valence-electron chi connectivity index (χ3n) is 2.81. The van der Waals surface area contributed by atoms with Crippen LogP contribution >= 0.6 is 11.8 Å². The number of nitrogens with one attached hydrogen (secondary N) is 2. The second-order valence-electron chi connectivity index (χ2n) is 4.30. The molecule has 0 saturated carbocycles. The molecule has 0 bridgehead atoms. The van der Waals surface area contributed by atoms with E-state index < -0.39 is 0 Å². The van der Waals surface area contributed by atoms with Gasteiger partial charge in [-0.25, -0.2) is 4.98 Å². The minimum atomic E-state index is 0.137. The Hall–Kier alpha value is -2.21. The molecule has 2 aromatic heterocycles. The molecular formula is C14H14N4OS. The Kier molecular flexibility index (Phi) is 3.73. The number of benzene rings is 1. The fraction of sp³-hybridized carbons (Fsp3) is 0.143. The third-order valence-corrected chi connectivity index (χ3v) is 3.71. The number of aromatic nitrogens is 3. The molecule has 3 aromatic rings. The number of rotatable bonds is 5. The molecule has 0 fully saturated rings. The van der Waals surface area contributed by atoms with Crippen molar-refractivity contribution in [2.24, 2.45) is 0 Å². The minimum absolute atomic E-state index is 0.137. The lowest BCUT2D eigenvalue weighted by Crippen LogP contribution is -2.05. The Labute approximate surface area is 120 Å². The van der Waals surface area contributed by atoms with Gasteiger partial charge >= 0.3 is 0 Å². The second-order valence-corrected chi connectivity index (χ2v) is 5.36. The van der Waals surface area contributed by atoms with Gasteiger partial charge in [0.15, 0.2) is 5.16 Å². The van der Waals surface area contributed by atoms with E-state index in [1.165, 1.54) is 6.33 Å². The number of hydrogen-bond donors (Lipinski definition) is 2. The highest BCUT2D eigenvalue weighted by Crippen LogP contribution is 2.26. The van der Waals surface area contributed by atoms with E-state index in [0.717, 1.165) is 21.5 Å². The van der Waals surface area contributed by atoms with E-state index >= 15 is 0 Å². The van der Waals surface area contributed by atoms with E-state index in [2.05, 4.69) is 27.4 Å². The summed E-state index contributed by atoms with van der Waals surface area (Å²) >= 11 is 1.54. The van der Waals surface area contributed by atoms with Gasteiger partial charge in [-0.1, -0.05) is 11.8 Å². The molecule has 2 heterocycles. The Bertz CT molecular complexity index is 634. The summed E-state index contributed by atoms with van der Waals surface area (Å²) < 4.78 is 5.38. The predicted octanol–water partition coefficient (Wildman–Crippen LogP) is 3.72. The SMILES string of the molecule is CC(Nc1ccc(Sc2ncn[nH]2)cc1)c1ccco1. The normalized spacial score (nSPS) is 12.2. The van der Waals surface area contributed by atoms with Gasteiger partial charge in [0.1, 0.15) is 12.1 Å². The summed E-state index contributed by atoms with van der Waals surface area (Å²) in [5, 5.41) is 10.8. The Balaban J connectivity index is 1.64. The van der Waals surface area contributed by atoms with Crippen molar-refractivity contribution in [1.82, 2.24) is 15.2 Å². The van der Waals surface area contributed by atoms with Crippen molar-refractivity contribution in [2.45, 2.75) is 23.0 Å². The van der Waals surface area contributed by atoms with Gasteiger partial charge in [0.25, 0.3) is 0 Å². The standard InChI is InChI=1S/C14H14N4OS/c1-10(13-3-2-8-19-13)17-11-4-6-12(7-5-11)20-14-15-9-16-18-14/h2-10,17H,1H3,(H,15,16,18). The Morgan fingerprint density at radius 1 is 1.25 bits per heavy atom. The first-order valence-corrected chi connectivity index (χ1v) is 7.06. The summed E-state index contributed by atoms with van der Waals surface area (Å²) in [6.07, 6.45) is 3.19. The summed E-state index contributed by atoms with van der Waals surface area (Å²) in [6.45, 7) is 2.07. The van der Waals surface area contributed by atoms with Crippen LogP contribution in [0, 0.1) is 0 Å². The topological polar surface area (TPSA) is 66.7 Å². The molecule has 0 spiro atoms. The van der Waals surface area contributed by atoms with Crippen LogP contribution in [0.5, 0.6) is 0 Å². The molecule has 1 atom stereocenters. The zero-order valence-electron chi connectivity index (χ0n) is 10.9. The maximum absolute atomic E-state index is 5.38. The fourth-order valence-corrected chi connectivity index (χ4v) is 2.53. The number of aromatic amines is 1. The van der Waals surface area contributed by atoms with Gasteiger partial charge in [0.05, 0.1) is 12.3 Å². The molecule has 6 heteroatoms. The van der Waals surface area contributed by atoms with Crippen LogP contribution in [-0.4, -0.2) is 15.2 Å². The highest BCUT2D eigenvalue weighted by molar-refractivity contribution is 7.99. The molecular weight excluding hydrogens is 272 g/mol. The van der Waals surface area contributed by atoms with Crippen molar-refractivity contribution in [3.63, 3.8) is 0 Å². The molecule has 102 valence electrons. The number of furan rings is 1. The number of hydrogen-bond acceptors (Lipinski definition) is 5. The van der Waals surface area contributed by atoms with E-state index in [-0.39, 0.29) is 6.04 Å². The molecule has 0 aliphatic rings. The molecule has 3 rings (SSSR count). The van der Waals surface area contributed by atoms with Crippen molar-refractivity contribution in [3.8, 4) is 0 Å².